The van der Waals surface area contributed by atoms with Gasteiger partial charge < -0.3 is 5.73 Å². The number of sulfonamides is 1. The third kappa shape index (κ3) is 3.95. The van der Waals surface area contributed by atoms with Crippen LogP contribution in [0.15, 0.2) is 23.1 Å². The van der Waals surface area contributed by atoms with E-state index >= 15 is 0 Å². The Morgan fingerprint density at radius 3 is 2.67 bits per heavy atom. The van der Waals surface area contributed by atoms with E-state index in [1.807, 2.05) is 6.07 Å². The molecule has 0 aromatic heterocycles. The summed E-state index contributed by atoms with van der Waals surface area (Å²) in [5.41, 5.74) is 6.37. The van der Waals surface area contributed by atoms with Crippen molar-refractivity contribution in [2.75, 3.05) is 0 Å². The molecule has 0 aliphatic heterocycles. The monoisotopic (exact) mass is 327 g/mol. The van der Waals surface area contributed by atoms with Gasteiger partial charge in [-0.25, -0.2) is 13.1 Å². The van der Waals surface area contributed by atoms with Gasteiger partial charge in [0.15, 0.2) is 0 Å². The summed E-state index contributed by atoms with van der Waals surface area (Å²) in [6.07, 6.45) is 4.60. The molecule has 1 aliphatic carbocycles. The van der Waals surface area contributed by atoms with Gasteiger partial charge in [-0.05, 0) is 31.0 Å². The lowest BCUT2D eigenvalue weighted by Crippen LogP contribution is -2.46. The summed E-state index contributed by atoms with van der Waals surface area (Å²) >= 11 is 5.98. The predicted molar refractivity (Wildman–Crippen MR) is 81.3 cm³/mol. The summed E-state index contributed by atoms with van der Waals surface area (Å²) in [7, 11) is -3.74. The second-order valence-corrected chi connectivity index (χ2v) is 7.38. The molecule has 0 amide bonds. The number of benzene rings is 1. The zero-order valence-electron chi connectivity index (χ0n) is 11.5. The van der Waals surface area contributed by atoms with Crippen LogP contribution in [-0.4, -0.2) is 20.5 Å². The lowest BCUT2D eigenvalue weighted by atomic mass is 10.1. The van der Waals surface area contributed by atoms with Gasteiger partial charge in [0.1, 0.15) is 4.90 Å². The molecule has 0 spiro atoms. The first-order valence-electron chi connectivity index (χ1n) is 6.91. The van der Waals surface area contributed by atoms with Gasteiger partial charge in [-0.2, -0.15) is 5.26 Å². The predicted octanol–water partition coefficient (Wildman–Crippen LogP) is 2.15. The number of nitrogens with two attached hydrogens (primary N) is 1. The fraction of sp³-hybridized carbons (Fsp3) is 0.500. The van der Waals surface area contributed by atoms with E-state index in [1.165, 1.54) is 18.2 Å². The Bertz CT molecular complexity index is 655. The first kappa shape index (κ1) is 16.2. The average molecular weight is 328 g/mol. The second-order valence-electron chi connectivity index (χ2n) is 5.29. The SMILES string of the molecule is N#Cc1ccc(S(=O)(=O)NC2CCCCCC2N)c(Cl)c1. The molecule has 5 nitrogen and oxygen atoms in total. The molecule has 0 heterocycles. The van der Waals surface area contributed by atoms with Crippen LogP contribution in [0.4, 0.5) is 0 Å². The van der Waals surface area contributed by atoms with Crippen molar-refractivity contribution in [2.24, 2.45) is 5.73 Å². The molecule has 1 aliphatic rings. The highest BCUT2D eigenvalue weighted by atomic mass is 35.5. The van der Waals surface area contributed by atoms with Gasteiger partial charge in [-0.15, -0.1) is 0 Å². The molecule has 1 saturated carbocycles. The zero-order valence-corrected chi connectivity index (χ0v) is 13.1. The van der Waals surface area contributed by atoms with E-state index in [4.69, 9.17) is 22.6 Å². The molecule has 21 heavy (non-hydrogen) atoms. The van der Waals surface area contributed by atoms with Crippen molar-refractivity contribution in [1.82, 2.24) is 4.72 Å². The number of halogens is 1. The molecule has 1 aromatic carbocycles. The van der Waals surface area contributed by atoms with Crippen molar-refractivity contribution in [1.29, 1.82) is 5.26 Å². The smallest absolute Gasteiger partial charge is 0.242 e. The Kier molecular flexibility index (Phi) is 5.22. The standard InChI is InChI=1S/C14H18ClN3O2S/c15-11-8-10(9-16)6-7-14(11)21(19,20)18-13-5-3-1-2-4-12(13)17/h6-8,12-13,18H,1-5,17H2. The Morgan fingerprint density at radius 1 is 1.29 bits per heavy atom. The highest BCUT2D eigenvalue weighted by Gasteiger charge is 2.27. The topological polar surface area (TPSA) is 96.0 Å². The maximum Gasteiger partial charge on any atom is 0.242 e. The normalized spacial score (nSPS) is 23.3. The van der Waals surface area contributed by atoms with Crippen LogP contribution in [0.2, 0.25) is 5.02 Å². The van der Waals surface area contributed by atoms with E-state index < -0.39 is 10.0 Å². The molecular formula is C14H18ClN3O2S. The minimum atomic E-state index is -3.74. The van der Waals surface area contributed by atoms with Crippen molar-refractivity contribution in [3.05, 3.63) is 28.8 Å². The quantitative estimate of drug-likeness (QED) is 0.831. The summed E-state index contributed by atoms with van der Waals surface area (Å²) in [5.74, 6) is 0. The zero-order chi connectivity index (χ0) is 15.5. The molecule has 2 atom stereocenters. The second kappa shape index (κ2) is 6.75. The highest BCUT2D eigenvalue weighted by molar-refractivity contribution is 7.89. The van der Waals surface area contributed by atoms with Crippen molar-refractivity contribution in [3.63, 3.8) is 0 Å². The van der Waals surface area contributed by atoms with E-state index in [0.29, 0.717) is 5.56 Å². The molecular weight excluding hydrogens is 310 g/mol. The molecule has 0 saturated heterocycles. The van der Waals surface area contributed by atoms with Crippen LogP contribution in [0, 0.1) is 11.3 Å². The molecule has 1 aromatic rings. The van der Waals surface area contributed by atoms with Crippen LogP contribution < -0.4 is 10.5 Å². The van der Waals surface area contributed by atoms with Crippen LogP contribution >= 0.6 is 11.6 Å². The minimum Gasteiger partial charge on any atom is -0.326 e. The Hall–Kier alpha value is -1.13. The summed E-state index contributed by atoms with van der Waals surface area (Å²) in [5, 5.41) is 8.84. The molecule has 1 fully saturated rings. The van der Waals surface area contributed by atoms with Gasteiger partial charge in [0, 0.05) is 12.1 Å². The van der Waals surface area contributed by atoms with Crippen LogP contribution in [0.3, 0.4) is 0 Å². The van der Waals surface area contributed by atoms with Crippen molar-refractivity contribution < 1.29 is 8.42 Å². The number of nitriles is 1. The lowest BCUT2D eigenvalue weighted by molar-refractivity contribution is 0.456. The molecule has 0 radical (unpaired) electrons. The van der Waals surface area contributed by atoms with E-state index in [2.05, 4.69) is 4.72 Å². The number of hydrogen-bond acceptors (Lipinski definition) is 4. The Labute approximate surface area is 130 Å². The van der Waals surface area contributed by atoms with E-state index in [-0.39, 0.29) is 22.0 Å². The maximum atomic E-state index is 12.4. The Morgan fingerprint density at radius 2 is 2.00 bits per heavy atom. The molecule has 0 bridgehead atoms. The van der Waals surface area contributed by atoms with E-state index in [0.717, 1.165) is 32.1 Å². The fourth-order valence-corrected chi connectivity index (χ4v) is 4.40. The third-order valence-corrected chi connectivity index (χ3v) is 5.70. The molecule has 3 N–H and O–H groups in total. The molecule has 2 rings (SSSR count). The van der Waals surface area contributed by atoms with Gasteiger partial charge in [0.25, 0.3) is 0 Å². The van der Waals surface area contributed by atoms with Crippen LogP contribution in [-0.2, 0) is 10.0 Å². The highest BCUT2D eigenvalue weighted by Crippen LogP contribution is 2.24. The van der Waals surface area contributed by atoms with Gasteiger partial charge in [-0.1, -0.05) is 30.9 Å². The number of nitrogens with one attached hydrogen (secondary N) is 1. The summed E-state index contributed by atoms with van der Waals surface area (Å²) in [6, 6.07) is 5.61. The summed E-state index contributed by atoms with van der Waals surface area (Å²) in [6.45, 7) is 0. The van der Waals surface area contributed by atoms with Crippen LogP contribution in [0.1, 0.15) is 37.7 Å². The average Bonchev–Trinajstić information content (AvgIpc) is 2.63. The van der Waals surface area contributed by atoms with Crippen molar-refractivity contribution >= 4 is 21.6 Å². The molecule has 114 valence electrons. The lowest BCUT2D eigenvalue weighted by Gasteiger charge is -2.22. The van der Waals surface area contributed by atoms with Crippen molar-refractivity contribution in [3.8, 4) is 6.07 Å². The largest absolute Gasteiger partial charge is 0.326 e. The molecule has 2 unspecified atom stereocenters. The first-order valence-corrected chi connectivity index (χ1v) is 8.78. The first-order chi connectivity index (χ1) is 9.94. The van der Waals surface area contributed by atoms with Crippen LogP contribution in [0.25, 0.3) is 0 Å². The van der Waals surface area contributed by atoms with Crippen molar-refractivity contribution in [2.45, 2.75) is 49.1 Å². The van der Waals surface area contributed by atoms with Gasteiger partial charge in [-0.3, -0.25) is 0 Å². The van der Waals surface area contributed by atoms with Gasteiger partial charge in [0.2, 0.25) is 10.0 Å². The third-order valence-electron chi connectivity index (χ3n) is 3.73. The van der Waals surface area contributed by atoms with Gasteiger partial charge >= 0.3 is 0 Å². The fourth-order valence-electron chi connectivity index (χ4n) is 2.53. The number of rotatable bonds is 3. The van der Waals surface area contributed by atoms with E-state index in [1.54, 1.807) is 0 Å². The van der Waals surface area contributed by atoms with Crippen LogP contribution in [0.5, 0.6) is 0 Å². The molecule has 7 heteroatoms. The number of nitrogens with zero attached hydrogens (tertiary/aromatic N) is 1. The van der Waals surface area contributed by atoms with E-state index in [9.17, 15) is 8.42 Å². The summed E-state index contributed by atoms with van der Waals surface area (Å²) in [4.78, 5) is -0.0142. The minimum absolute atomic E-state index is 0.0142. The van der Waals surface area contributed by atoms with Gasteiger partial charge in [0.05, 0.1) is 16.7 Å². The Balaban J connectivity index is 2.24. The summed E-state index contributed by atoms with van der Waals surface area (Å²) < 4.78 is 27.5. The maximum absolute atomic E-state index is 12.4. The number of hydrogen-bond donors (Lipinski definition) is 2.